The molecule has 1 aliphatic rings. The van der Waals surface area contributed by atoms with E-state index in [1.54, 1.807) is 12.1 Å². The summed E-state index contributed by atoms with van der Waals surface area (Å²) >= 11 is 0. The molecule has 0 aliphatic heterocycles. The predicted octanol–water partition coefficient (Wildman–Crippen LogP) is 2.17. The molecule has 0 spiro atoms. The van der Waals surface area contributed by atoms with Crippen LogP contribution in [0.3, 0.4) is 0 Å². The molecule has 0 saturated heterocycles. The van der Waals surface area contributed by atoms with Crippen molar-refractivity contribution in [3.05, 3.63) is 71.8 Å². The number of carbonyl (C=O) groups is 1. The average Bonchev–Trinajstić information content (AvgIpc) is 3.36. The highest BCUT2D eigenvalue weighted by Gasteiger charge is 2.55. The summed E-state index contributed by atoms with van der Waals surface area (Å²) in [6, 6.07) is 18.6. The monoisotopic (exact) mass is 297 g/mol. The fourth-order valence-electron chi connectivity index (χ4n) is 2.70. The first-order valence-electron chi connectivity index (χ1n) is 7.36. The Morgan fingerprint density at radius 2 is 1.73 bits per heavy atom. The van der Waals surface area contributed by atoms with Crippen molar-refractivity contribution >= 4 is 5.97 Å². The molecule has 22 heavy (non-hydrogen) atoms. The van der Waals surface area contributed by atoms with Gasteiger partial charge in [-0.05, 0) is 17.5 Å². The molecule has 1 fully saturated rings. The van der Waals surface area contributed by atoms with Gasteiger partial charge in [0.25, 0.3) is 0 Å². The molecule has 3 N–H and O–H groups in total. The van der Waals surface area contributed by atoms with Gasteiger partial charge in [0.05, 0.1) is 5.92 Å². The van der Waals surface area contributed by atoms with Crippen molar-refractivity contribution in [2.45, 2.75) is 18.8 Å². The lowest BCUT2D eigenvalue weighted by atomic mass is 9.97. The highest BCUT2D eigenvalue weighted by atomic mass is 16.5. The zero-order valence-corrected chi connectivity index (χ0v) is 12.2. The van der Waals surface area contributed by atoms with E-state index in [9.17, 15) is 9.90 Å². The number of nitrogens with two attached hydrogens (primary N) is 1. The molecule has 1 aliphatic carbocycles. The van der Waals surface area contributed by atoms with Crippen molar-refractivity contribution in [3.8, 4) is 0 Å². The quantitative estimate of drug-likeness (QED) is 0.655. The van der Waals surface area contributed by atoms with E-state index in [1.165, 1.54) is 0 Å². The van der Waals surface area contributed by atoms with E-state index >= 15 is 0 Å². The number of benzene rings is 2. The minimum absolute atomic E-state index is 0.247. The van der Waals surface area contributed by atoms with E-state index in [4.69, 9.17) is 10.5 Å². The van der Waals surface area contributed by atoms with Crippen molar-refractivity contribution in [1.29, 1.82) is 0 Å². The van der Waals surface area contributed by atoms with E-state index in [0.29, 0.717) is 12.0 Å². The highest BCUT2D eigenvalue weighted by molar-refractivity contribution is 5.76. The van der Waals surface area contributed by atoms with E-state index < -0.39 is 5.72 Å². The summed E-state index contributed by atoms with van der Waals surface area (Å²) in [6.07, 6.45) is 0.551. The Labute approximate surface area is 129 Å². The van der Waals surface area contributed by atoms with E-state index in [2.05, 4.69) is 0 Å². The van der Waals surface area contributed by atoms with Crippen LogP contribution in [0.2, 0.25) is 0 Å². The fraction of sp³-hybridized carbons (Fsp3) is 0.278. The van der Waals surface area contributed by atoms with Crippen LogP contribution in [-0.2, 0) is 21.9 Å². The van der Waals surface area contributed by atoms with Crippen LogP contribution < -0.4 is 5.73 Å². The SMILES string of the molecule is NC(O)(c1ccccc1)C1CC1C(=O)OCc1ccccc1. The molecule has 4 heteroatoms. The summed E-state index contributed by atoms with van der Waals surface area (Å²) in [6.45, 7) is 0.247. The Bertz CT molecular complexity index is 640. The maximum Gasteiger partial charge on any atom is 0.309 e. The van der Waals surface area contributed by atoms with Crippen LogP contribution in [-0.4, -0.2) is 11.1 Å². The van der Waals surface area contributed by atoms with Gasteiger partial charge in [-0.3, -0.25) is 10.5 Å². The second kappa shape index (κ2) is 5.91. The zero-order valence-electron chi connectivity index (χ0n) is 12.2. The van der Waals surface area contributed by atoms with Gasteiger partial charge in [-0.15, -0.1) is 0 Å². The number of rotatable bonds is 5. The molecule has 2 aromatic rings. The molecule has 4 nitrogen and oxygen atoms in total. The second-order valence-corrected chi connectivity index (χ2v) is 5.73. The van der Waals surface area contributed by atoms with Crippen molar-refractivity contribution in [3.63, 3.8) is 0 Å². The van der Waals surface area contributed by atoms with Gasteiger partial charge in [0.1, 0.15) is 12.3 Å². The summed E-state index contributed by atoms with van der Waals surface area (Å²) in [7, 11) is 0. The fourth-order valence-corrected chi connectivity index (χ4v) is 2.70. The van der Waals surface area contributed by atoms with E-state index in [0.717, 1.165) is 5.56 Å². The summed E-state index contributed by atoms with van der Waals surface area (Å²) in [5.74, 6) is -0.925. The minimum atomic E-state index is -1.49. The third-order valence-corrected chi connectivity index (χ3v) is 4.12. The van der Waals surface area contributed by atoms with Crippen LogP contribution in [0.1, 0.15) is 17.5 Å². The van der Waals surface area contributed by atoms with E-state index in [1.807, 2.05) is 48.5 Å². The first kappa shape index (κ1) is 14.8. The average molecular weight is 297 g/mol. The molecule has 0 heterocycles. The Hall–Kier alpha value is -2.17. The number of hydrogen-bond acceptors (Lipinski definition) is 4. The predicted molar refractivity (Wildman–Crippen MR) is 82.4 cm³/mol. The molecule has 2 aromatic carbocycles. The van der Waals surface area contributed by atoms with Crippen LogP contribution in [0.15, 0.2) is 60.7 Å². The maximum absolute atomic E-state index is 12.1. The normalized spacial score (nSPS) is 22.6. The van der Waals surface area contributed by atoms with Crippen LogP contribution in [0, 0.1) is 11.8 Å². The smallest absolute Gasteiger partial charge is 0.309 e. The molecule has 0 radical (unpaired) electrons. The van der Waals surface area contributed by atoms with Gasteiger partial charge >= 0.3 is 5.97 Å². The Balaban J connectivity index is 1.58. The molecule has 0 bridgehead atoms. The molecule has 3 atom stereocenters. The number of carbonyl (C=O) groups excluding carboxylic acids is 1. The van der Waals surface area contributed by atoms with E-state index in [-0.39, 0.29) is 24.4 Å². The second-order valence-electron chi connectivity index (χ2n) is 5.73. The maximum atomic E-state index is 12.1. The summed E-state index contributed by atoms with van der Waals surface area (Å²) in [5.41, 5.74) is 6.11. The molecule has 0 aromatic heterocycles. The number of aliphatic hydroxyl groups is 1. The van der Waals surface area contributed by atoms with Gasteiger partial charge in [-0.25, -0.2) is 0 Å². The Kier molecular flexibility index (Phi) is 3.96. The van der Waals surface area contributed by atoms with Crippen molar-refractivity contribution < 1.29 is 14.6 Å². The van der Waals surface area contributed by atoms with Gasteiger partial charge in [0.15, 0.2) is 0 Å². The van der Waals surface area contributed by atoms with Gasteiger partial charge in [0.2, 0.25) is 0 Å². The number of ether oxygens (including phenoxy) is 1. The zero-order chi connectivity index (χ0) is 15.6. The lowest BCUT2D eigenvalue weighted by Gasteiger charge is -2.23. The molecular weight excluding hydrogens is 278 g/mol. The van der Waals surface area contributed by atoms with Crippen LogP contribution in [0.4, 0.5) is 0 Å². The molecular formula is C18H19NO3. The van der Waals surface area contributed by atoms with Gasteiger partial charge in [-0.2, -0.15) is 0 Å². The highest BCUT2D eigenvalue weighted by Crippen LogP contribution is 2.49. The van der Waals surface area contributed by atoms with Gasteiger partial charge in [-0.1, -0.05) is 60.7 Å². The molecule has 1 saturated carbocycles. The minimum Gasteiger partial charge on any atom is -0.461 e. The lowest BCUT2D eigenvalue weighted by Crippen LogP contribution is -2.40. The molecule has 0 amide bonds. The summed E-state index contributed by atoms with van der Waals surface area (Å²) < 4.78 is 5.31. The Morgan fingerprint density at radius 1 is 1.14 bits per heavy atom. The summed E-state index contributed by atoms with van der Waals surface area (Å²) in [5, 5.41) is 10.5. The largest absolute Gasteiger partial charge is 0.461 e. The van der Waals surface area contributed by atoms with Gasteiger partial charge in [0, 0.05) is 5.92 Å². The van der Waals surface area contributed by atoms with Crippen molar-refractivity contribution in [1.82, 2.24) is 0 Å². The standard InChI is InChI=1S/C18H19NO3/c19-18(21,14-9-5-2-6-10-14)16-11-15(16)17(20)22-12-13-7-3-1-4-8-13/h1-10,15-16,21H,11-12,19H2. The van der Waals surface area contributed by atoms with Gasteiger partial charge < -0.3 is 9.84 Å². The van der Waals surface area contributed by atoms with Crippen LogP contribution in [0.5, 0.6) is 0 Å². The number of esters is 1. The number of hydrogen-bond donors (Lipinski definition) is 2. The van der Waals surface area contributed by atoms with Crippen LogP contribution in [0.25, 0.3) is 0 Å². The topological polar surface area (TPSA) is 72.5 Å². The molecule has 114 valence electrons. The third kappa shape index (κ3) is 3.03. The summed E-state index contributed by atoms with van der Waals surface area (Å²) in [4.78, 5) is 12.1. The third-order valence-electron chi connectivity index (χ3n) is 4.12. The molecule has 3 rings (SSSR count). The van der Waals surface area contributed by atoms with Crippen molar-refractivity contribution in [2.75, 3.05) is 0 Å². The lowest BCUT2D eigenvalue weighted by molar-refractivity contribution is -0.148. The first-order chi connectivity index (χ1) is 10.6. The van der Waals surface area contributed by atoms with Crippen molar-refractivity contribution in [2.24, 2.45) is 17.6 Å². The Morgan fingerprint density at radius 3 is 2.36 bits per heavy atom. The first-order valence-corrected chi connectivity index (χ1v) is 7.36. The molecule has 3 unspecified atom stereocenters. The van der Waals surface area contributed by atoms with Crippen LogP contribution >= 0.6 is 0 Å².